The molecule has 0 bridgehead atoms. The lowest BCUT2D eigenvalue weighted by molar-refractivity contribution is -0.147. The van der Waals surface area contributed by atoms with Crippen LogP contribution in [0.2, 0.25) is 0 Å². The monoisotopic (exact) mass is 365 g/mol. The Morgan fingerprint density at radius 1 is 1.12 bits per heavy atom. The molecule has 2 heterocycles. The summed E-state index contributed by atoms with van der Waals surface area (Å²) in [5.41, 5.74) is 5.49. The molecule has 2 aliphatic heterocycles. The highest BCUT2D eigenvalue weighted by molar-refractivity contribution is 5.97. The van der Waals surface area contributed by atoms with E-state index in [1.54, 1.807) is 4.90 Å². The zero-order valence-electron chi connectivity index (χ0n) is 15.3. The summed E-state index contributed by atoms with van der Waals surface area (Å²) in [6.07, 6.45) is 8.36. The first kappa shape index (κ1) is 18.9. The summed E-state index contributed by atoms with van der Waals surface area (Å²) < 4.78 is 0. The zero-order chi connectivity index (χ0) is 18.5. The number of unbranched alkanes of at least 4 members (excludes halogenated alkanes) is 1. The van der Waals surface area contributed by atoms with E-state index in [9.17, 15) is 14.4 Å². The van der Waals surface area contributed by atoms with Crippen molar-refractivity contribution in [2.24, 2.45) is 5.73 Å². The predicted molar refractivity (Wildman–Crippen MR) is 97.3 cm³/mol. The molecular weight excluding hydrogens is 334 g/mol. The van der Waals surface area contributed by atoms with E-state index >= 15 is 0 Å². The van der Waals surface area contributed by atoms with Crippen molar-refractivity contribution in [1.29, 1.82) is 0 Å². The van der Waals surface area contributed by atoms with Gasteiger partial charge in [0.05, 0.1) is 6.04 Å². The number of hydrogen-bond acceptors (Lipinski definition) is 4. The molecule has 0 aromatic rings. The Morgan fingerprint density at radius 3 is 2.58 bits per heavy atom. The summed E-state index contributed by atoms with van der Waals surface area (Å²) in [5.74, 6) is -0.150. The third kappa shape index (κ3) is 4.47. The summed E-state index contributed by atoms with van der Waals surface area (Å²) >= 11 is 0. The van der Waals surface area contributed by atoms with E-state index in [-0.39, 0.29) is 29.9 Å². The Labute approximate surface area is 154 Å². The van der Waals surface area contributed by atoms with E-state index in [2.05, 4.69) is 16.0 Å². The summed E-state index contributed by atoms with van der Waals surface area (Å²) in [6, 6.07) is -1.05. The largest absolute Gasteiger partial charge is 0.343 e. The lowest BCUT2D eigenvalue weighted by atomic mass is 9.96. The summed E-state index contributed by atoms with van der Waals surface area (Å²) in [6.45, 7) is 0.992. The van der Waals surface area contributed by atoms with Gasteiger partial charge < -0.3 is 26.6 Å². The van der Waals surface area contributed by atoms with Crippen LogP contribution in [0, 0.1) is 0 Å². The molecule has 8 heteroatoms. The van der Waals surface area contributed by atoms with Gasteiger partial charge in [-0.1, -0.05) is 19.3 Å². The molecule has 26 heavy (non-hydrogen) atoms. The average molecular weight is 365 g/mol. The number of amides is 4. The molecule has 3 aliphatic rings. The number of nitrogens with zero attached hydrogens (tertiary/aromatic N) is 1. The first-order chi connectivity index (χ1) is 12.6. The van der Waals surface area contributed by atoms with E-state index in [0.717, 1.165) is 38.5 Å². The number of rotatable bonds is 6. The van der Waals surface area contributed by atoms with E-state index in [0.29, 0.717) is 25.9 Å². The number of nitrogens with two attached hydrogens (primary N) is 1. The third-order valence-corrected chi connectivity index (χ3v) is 5.72. The molecule has 1 saturated carbocycles. The van der Waals surface area contributed by atoms with Gasteiger partial charge in [-0.3, -0.25) is 9.59 Å². The van der Waals surface area contributed by atoms with Crippen LogP contribution in [-0.4, -0.2) is 60.0 Å². The number of hydrogen-bond donors (Lipinski definition) is 4. The quantitative estimate of drug-likeness (QED) is 0.504. The maximum Gasteiger partial charge on any atom is 0.315 e. The van der Waals surface area contributed by atoms with Gasteiger partial charge in [0.2, 0.25) is 11.8 Å². The minimum atomic E-state index is -0.465. The molecule has 5 N–H and O–H groups in total. The fourth-order valence-corrected chi connectivity index (χ4v) is 4.31. The molecule has 0 aromatic carbocycles. The molecule has 8 nitrogen and oxygen atoms in total. The fourth-order valence-electron chi connectivity index (χ4n) is 4.31. The average Bonchev–Trinajstić information content (AvgIpc) is 3.04. The lowest BCUT2D eigenvalue weighted by Crippen LogP contribution is -2.61. The zero-order valence-corrected chi connectivity index (χ0v) is 15.3. The number of urea groups is 1. The van der Waals surface area contributed by atoms with Crippen LogP contribution < -0.4 is 21.7 Å². The van der Waals surface area contributed by atoms with Gasteiger partial charge in [0, 0.05) is 12.6 Å². The lowest BCUT2D eigenvalue weighted by Gasteiger charge is -2.34. The number of nitrogens with one attached hydrogen (secondary N) is 3. The van der Waals surface area contributed by atoms with Crippen LogP contribution in [0.1, 0.15) is 57.8 Å². The van der Waals surface area contributed by atoms with Gasteiger partial charge in [-0.15, -0.1) is 0 Å². The first-order valence-corrected chi connectivity index (χ1v) is 9.96. The SMILES string of the molecule is NCCCC[C@@H]1NC(=O)[C@@H]2C[C@H](NC(=O)NC3CCCCC3)CN2C1=O. The van der Waals surface area contributed by atoms with Gasteiger partial charge in [0.15, 0.2) is 0 Å². The summed E-state index contributed by atoms with van der Waals surface area (Å²) in [5, 5.41) is 8.81. The highest BCUT2D eigenvalue weighted by atomic mass is 16.2. The second-order valence-electron chi connectivity index (χ2n) is 7.74. The Morgan fingerprint density at radius 2 is 1.85 bits per heavy atom. The van der Waals surface area contributed by atoms with Crippen molar-refractivity contribution in [3.05, 3.63) is 0 Å². The van der Waals surface area contributed by atoms with E-state index < -0.39 is 12.1 Å². The first-order valence-electron chi connectivity index (χ1n) is 9.96. The van der Waals surface area contributed by atoms with E-state index in [1.165, 1.54) is 6.42 Å². The molecule has 4 amide bonds. The highest BCUT2D eigenvalue weighted by Crippen LogP contribution is 2.24. The number of fused-ring (bicyclic) bond motifs is 1. The Kier molecular flexibility index (Phi) is 6.34. The van der Waals surface area contributed by atoms with Crippen LogP contribution >= 0.6 is 0 Å². The molecule has 3 rings (SSSR count). The Balaban J connectivity index is 1.50. The molecule has 3 fully saturated rings. The second-order valence-corrected chi connectivity index (χ2v) is 7.74. The number of carbonyl (C=O) groups is 3. The van der Waals surface area contributed by atoms with Crippen LogP contribution in [0.3, 0.4) is 0 Å². The fraction of sp³-hybridized carbons (Fsp3) is 0.833. The molecule has 2 saturated heterocycles. The van der Waals surface area contributed by atoms with Crippen molar-refractivity contribution < 1.29 is 14.4 Å². The Bertz CT molecular complexity index is 535. The Hall–Kier alpha value is -1.83. The van der Waals surface area contributed by atoms with Crippen molar-refractivity contribution in [2.45, 2.75) is 82.0 Å². The molecule has 146 valence electrons. The van der Waals surface area contributed by atoms with Crippen molar-refractivity contribution >= 4 is 17.8 Å². The maximum absolute atomic E-state index is 12.6. The van der Waals surface area contributed by atoms with Crippen LogP contribution in [0.5, 0.6) is 0 Å². The number of piperazine rings is 1. The predicted octanol–water partition coefficient (Wildman–Crippen LogP) is 0.215. The minimum Gasteiger partial charge on any atom is -0.343 e. The molecular formula is C18H31N5O3. The van der Waals surface area contributed by atoms with Crippen molar-refractivity contribution in [1.82, 2.24) is 20.9 Å². The summed E-state index contributed by atoms with van der Waals surface area (Å²) in [7, 11) is 0. The molecule has 0 unspecified atom stereocenters. The highest BCUT2D eigenvalue weighted by Gasteiger charge is 2.46. The molecule has 3 atom stereocenters. The van der Waals surface area contributed by atoms with Gasteiger partial charge in [-0.05, 0) is 45.1 Å². The summed E-state index contributed by atoms with van der Waals surface area (Å²) in [4.78, 5) is 38.9. The normalized spacial score (nSPS) is 29.3. The molecule has 0 spiro atoms. The van der Waals surface area contributed by atoms with Crippen LogP contribution in [0.25, 0.3) is 0 Å². The topological polar surface area (TPSA) is 117 Å². The van der Waals surface area contributed by atoms with Crippen molar-refractivity contribution in [2.75, 3.05) is 13.1 Å². The van der Waals surface area contributed by atoms with Crippen LogP contribution in [0.4, 0.5) is 4.79 Å². The second kappa shape index (κ2) is 8.70. The molecule has 0 radical (unpaired) electrons. The number of carbonyl (C=O) groups excluding carboxylic acids is 3. The smallest absolute Gasteiger partial charge is 0.315 e. The maximum atomic E-state index is 12.6. The van der Waals surface area contributed by atoms with E-state index in [1.807, 2.05) is 0 Å². The van der Waals surface area contributed by atoms with Crippen molar-refractivity contribution in [3.63, 3.8) is 0 Å². The van der Waals surface area contributed by atoms with Gasteiger partial charge >= 0.3 is 6.03 Å². The third-order valence-electron chi connectivity index (χ3n) is 5.72. The van der Waals surface area contributed by atoms with Crippen molar-refractivity contribution in [3.8, 4) is 0 Å². The van der Waals surface area contributed by atoms with Gasteiger partial charge in [-0.25, -0.2) is 4.79 Å². The molecule has 0 aromatic heterocycles. The minimum absolute atomic E-state index is 0.0383. The van der Waals surface area contributed by atoms with Gasteiger partial charge in [0.1, 0.15) is 12.1 Å². The standard InChI is InChI=1S/C18H31N5O3/c19-9-5-4-8-14-17(25)23-11-13(10-15(23)16(24)22-14)21-18(26)20-12-6-2-1-3-7-12/h12-15H,1-11,19H2,(H,22,24)(H2,20,21,26)/t13-,14-,15-/m0/s1. The molecule has 1 aliphatic carbocycles. The van der Waals surface area contributed by atoms with Gasteiger partial charge in [-0.2, -0.15) is 0 Å². The van der Waals surface area contributed by atoms with E-state index in [4.69, 9.17) is 5.73 Å². The van der Waals surface area contributed by atoms with Crippen LogP contribution in [0.15, 0.2) is 0 Å². The van der Waals surface area contributed by atoms with Crippen LogP contribution in [-0.2, 0) is 9.59 Å². The van der Waals surface area contributed by atoms with Gasteiger partial charge in [0.25, 0.3) is 0 Å².